The van der Waals surface area contributed by atoms with Crippen LogP contribution >= 0.6 is 0 Å². The third-order valence-electron chi connectivity index (χ3n) is 6.61. The van der Waals surface area contributed by atoms with E-state index in [1.54, 1.807) is 0 Å². The van der Waals surface area contributed by atoms with Crippen LogP contribution in [-0.2, 0) is 15.0 Å². The number of benzene rings is 2. The molecule has 7 nitrogen and oxygen atoms in total. The second kappa shape index (κ2) is 11.5. The van der Waals surface area contributed by atoms with Gasteiger partial charge in [0, 0.05) is 50.4 Å². The highest BCUT2D eigenvalue weighted by atomic mass is 16.2. The second-order valence-electron chi connectivity index (χ2n) is 10.3. The fourth-order valence-electron chi connectivity index (χ4n) is 4.10. The molecule has 3 amide bonds. The molecule has 188 valence electrons. The lowest BCUT2D eigenvalue weighted by Crippen LogP contribution is -2.50. The molecule has 2 aromatic carbocycles. The summed E-state index contributed by atoms with van der Waals surface area (Å²) in [5.74, 6) is -0.192. The molecular weight excluding hydrogens is 440 g/mol. The lowest BCUT2D eigenvalue weighted by Gasteiger charge is -2.34. The largest absolute Gasteiger partial charge is 0.352 e. The molecule has 2 N–H and O–H groups in total. The van der Waals surface area contributed by atoms with Gasteiger partial charge in [0.2, 0.25) is 11.8 Å². The van der Waals surface area contributed by atoms with Crippen LogP contribution in [0, 0.1) is 13.8 Å². The van der Waals surface area contributed by atoms with Gasteiger partial charge >= 0.3 is 0 Å². The first-order valence-electron chi connectivity index (χ1n) is 12.3. The number of aryl methyl sites for hydroxylation is 1. The van der Waals surface area contributed by atoms with Gasteiger partial charge in [-0.3, -0.25) is 19.3 Å². The fraction of sp³-hybridized carbons (Fsp3) is 0.464. The molecule has 1 fully saturated rings. The summed E-state index contributed by atoms with van der Waals surface area (Å²) in [4.78, 5) is 41.3. The van der Waals surface area contributed by atoms with Crippen LogP contribution < -0.4 is 10.6 Å². The number of hydrogen-bond acceptors (Lipinski definition) is 4. The molecular formula is C28H38N4O3. The Balaban J connectivity index is 1.37. The maximum Gasteiger partial charge on any atom is 0.251 e. The van der Waals surface area contributed by atoms with E-state index in [0.717, 1.165) is 16.8 Å². The van der Waals surface area contributed by atoms with Crippen LogP contribution in [0.3, 0.4) is 0 Å². The molecule has 0 unspecified atom stereocenters. The van der Waals surface area contributed by atoms with Crippen molar-refractivity contribution >= 4 is 23.4 Å². The van der Waals surface area contributed by atoms with Crippen LogP contribution in [-0.4, -0.2) is 66.8 Å². The minimum absolute atomic E-state index is 0.0212. The minimum Gasteiger partial charge on any atom is -0.352 e. The lowest BCUT2D eigenvalue weighted by molar-refractivity contribution is -0.132. The van der Waals surface area contributed by atoms with E-state index < -0.39 is 0 Å². The first-order chi connectivity index (χ1) is 16.5. The van der Waals surface area contributed by atoms with Crippen molar-refractivity contribution in [2.45, 2.75) is 46.5 Å². The number of nitrogens with one attached hydrogen (secondary N) is 2. The summed E-state index contributed by atoms with van der Waals surface area (Å²) in [5.41, 5.74) is 4.87. The zero-order valence-electron chi connectivity index (χ0n) is 21.6. The number of anilines is 1. The van der Waals surface area contributed by atoms with E-state index in [0.29, 0.717) is 44.8 Å². The molecule has 0 saturated carbocycles. The van der Waals surface area contributed by atoms with Gasteiger partial charge in [-0.05, 0) is 54.2 Å². The molecule has 3 rings (SSSR count). The molecule has 0 bridgehead atoms. The normalized spacial score (nSPS) is 14.5. The Kier molecular flexibility index (Phi) is 8.67. The maximum atomic E-state index is 12.6. The van der Waals surface area contributed by atoms with E-state index in [1.807, 2.05) is 61.2 Å². The van der Waals surface area contributed by atoms with E-state index in [1.165, 1.54) is 5.56 Å². The number of amides is 3. The Labute approximate surface area is 208 Å². The van der Waals surface area contributed by atoms with Crippen LogP contribution in [0.4, 0.5) is 5.69 Å². The first kappa shape index (κ1) is 26.4. The predicted molar refractivity (Wildman–Crippen MR) is 140 cm³/mol. The summed E-state index contributed by atoms with van der Waals surface area (Å²) in [7, 11) is 0. The summed E-state index contributed by atoms with van der Waals surface area (Å²) in [6.45, 7) is 13.5. The third kappa shape index (κ3) is 7.39. The monoisotopic (exact) mass is 478 g/mol. The van der Waals surface area contributed by atoms with Crippen molar-refractivity contribution in [2.75, 3.05) is 44.6 Å². The lowest BCUT2D eigenvalue weighted by atomic mass is 9.87. The molecule has 1 heterocycles. The van der Waals surface area contributed by atoms with E-state index in [-0.39, 0.29) is 29.6 Å². The summed E-state index contributed by atoms with van der Waals surface area (Å²) >= 11 is 0. The molecule has 0 aromatic heterocycles. The summed E-state index contributed by atoms with van der Waals surface area (Å²) in [6, 6.07) is 13.5. The molecule has 1 aliphatic heterocycles. The van der Waals surface area contributed by atoms with Gasteiger partial charge in [0.1, 0.15) is 0 Å². The Morgan fingerprint density at radius 1 is 0.914 bits per heavy atom. The van der Waals surface area contributed by atoms with Gasteiger partial charge in [-0.25, -0.2) is 0 Å². The van der Waals surface area contributed by atoms with Crippen molar-refractivity contribution in [3.63, 3.8) is 0 Å². The van der Waals surface area contributed by atoms with Crippen molar-refractivity contribution in [3.8, 4) is 0 Å². The SMILES string of the molecule is Cc1cccc(NC(=O)CN2CCN(C(=O)CCNC(=O)c3ccc(C(C)(C)C)cc3)CC2)c1C. The average Bonchev–Trinajstić information content (AvgIpc) is 2.82. The van der Waals surface area contributed by atoms with Gasteiger partial charge in [-0.1, -0.05) is 45.0 Å². The Morgan fingerprint density at radius 2 is 1.57 bits per heavy atom. The van der Waals surface area contributed by atoms with Crippen LogP contribution in [0.1, 0.15) is 54.2 Å². The summed E-state index contributed by atoms with van der Waals surface area (Å²) < 4.78 is 0. The zero-order chi connectivity index (χ0) is 25.6. The molecule has 2 aromatic rings. The van der Waals surface area contributed by atoms with Crippen molar-refractivity contribution < 1.29 is 14.4 Å². The average molecular weight is 479 g/mol. The Morgan fingerprint density at radius 3 is 2.20 bits per heavy atom. The van der Waals surface area contributed by atoms with Gasteiger partial charge in [-0.15, -0.1) is 0 Å². The molecule has 0 spiro atoms. The highest BCUT2D eigenvalue weighted by Crippen LogP contribution is 2.22. The van der Waals surface area contributed by atoms with Crippen molar-refractivity contribution in [3.05, 3.63) is 64.7 Å². The van der Waals surface area contributed by atoms with Crippen molar-refractivity contribution in [1.82, 2.24) is 15.1 Å². The highest BCUT2D eigenvalue weighted by molar-refractivity contribution is 5.94. The smallest absolute Gasteiger partial charge is 0.251 e. The van der Waals surface area contributed by atoms with E-state index >= 15 is 0 Å². The van der Waals surface area contributed by atoms with Gasteiger partial charge in [-0.2, -0.15) is 0 Å². The molecule has 0 radical (unpaired) electrons. The van der Waals surface area contributed by atoms with Gasteiger partial charge < -0.3 is 15.5 Å². The van der Waals surface area contributed by atoms with Gasteiger partial charge in [0.15, 0.2) is 0 Å². The molecule has 35 heavy (non-hydrogen) atoms. The number of carbonyl (C=O) groups is 3. The molecule has 7 heteroatoms. The molecule has 1 saturated heterocycles. The molecule has 0 aliphatic carbocycles. The number of piperazine rings is 1. The maximum absolute atomic E-state index is 12.6. The Hall–Kier alpha value is -3.19. The topological polar surface area (TPSA) is 81.8 Å². The number of rotatable bonds is 7. The summed E-state index contributed by atoms with van der Waals surface area (Å²) in [5, 5.41) is 5.84. The summed E-state index contributed by atoms with van der Waals surface area (Å²) in [6.07, 6.45) is 0.263. The van der Waals surface area contributed by atoms with Crippen LogP contribution in [0.2, 0.25) is 0 Å². The molecule has 0 atom stereocenters. The number of carbonyl (C=O) groups excluding carboxylic acids is 3. The highest BCUT2D eigenvalue weighted by Gasteiger charge is 2.22. The quantitative estimate of drug-likeness (QED) is 0.638. The fourth-order valence-corrected chi connectivity index (χ4v) is 4.10. The third-order valence-corrected chi connectivity index (χ3v) is 6.61. The van der Waals surface area contributed by atoms with Crippen LogP contribution in [0.5, 0.6) is 0 Å². The van der Waals surface area contributed by atoms with E-state index in [2.05, 4.69) is 36.3 Å². The standard InChI is InChI=1S/C28H38N4O3/c1-20-7-6-8-24(21(20)2)30-25(33)19-31-15-17-32(18-16-31)26(34)13-14-29-27(35)22-9-11-23(12-10-22)28(3,4)5/h6-12H,13-19H2,1-5H3,(H,29,35)(H,30,33). The predicted octanol–water partition coefficient (Wildman–Crippen LogP) is 3.50. The second-order valence-corrected chi connectivity index (χ2v) is 10.3. The zero-order valence-corrected chi connectivity index (χ0v) is 21.6. The Bertz CT molecular complexity index is 1050. The molecule has 1 aliphatic rings. The van der Waals surface area contributed by atoms with Crippen LogP contribution in [0.25, 0.3) is 0 Å². The first-order valence-corrected chi connectivity index (χ1v) is 12.3. The van der Waals surface area contributed by atoms with Crippen molar-refractivity contribution in [2.24, 2.45) is 0 Å². The van der Waals surface area contributed by atoms with E-state index in [4.69, 9.17) is 0 Å². The number of nitrogens with zero attached hydrogens (tertiary/aromatic N) is 2. The van der Waals surface area contributed by atoms with Crippen LogP contribution in [0.15, 0.2) is 42.5 Å². The van der Waals surface area contributed by atoms with E-state index in [9.17, 15) is 14.4 Å². The van der Waals surface area contributed by atoms with Gasteiger partial charge in [0.25, 0.3) is 5.91 Å². The van der Waals surface area contributed by atoms with Crippen molar-refractivity contribution in [1.29, 1.82) is 0 Å². The van der Waals surface area contributed by atoms with Gasteiger partial charge in [0.05, 0.1) is 6.54 Å². The minimum atomic E-state index is -0.169. The number of hydrogen-bond donors (Lipinski definition) is 2.